The molecule has 51 heavy (non-hydrogen) atoms. The molecule has 1 nitrogen and oxygen atoms in total. The number of fused-ring (bicyclic) bond motifs is 5. The van der Waals surface area contributed by atoms with E-state index in [2.05, 4.69) is 194 Å². The SMILES string of the molecule is Cc1cccc(-c2ccccc2-c2ccc3c4ccccc4n(-c4cccc5c4C4=C(C=CCC4)C5(c4ccccc4)c4ccccc4)c3c2)c1. The number of nitrogens with zero attached hydrogens (tertiary/aromatic N) is 1. The van der Waals surface area contributed by atoms with Gasteiger partial charge in [0.15, 0.2) is 0 Å². The molecule has 2 aliphatic carbocycles. The average Bonchev–Trinajstić information content (AvgIpc) is 3.69. The van der Waals surface area contributed by atoms with Crippen molar-refractivity contribution in [1.29, 1.82) is 0 Å². The fraction of sp³-hybridized carbons (Fsp3) is 0.0800. The van der Waals surface area contributed by atoms with Crippen LogP contribution in [0.4, 0.5) is 0 Å². The summed E-state index contributed by atoms with van der Waals surface area (Å²) in [6, 6.07) is 63.0. The van der Waals surface area contributed by atoms with E-state index in [1.54, 1.807) is 0 Å². The van der Waals surface area contributed by atoms with Gasteiger partial charge in [0.2, 0.25) is 0 Å². The third-order valence-electron chi connectivity index (χ3n) is 11.2. The molecule has 0 fully saturated rings. The summed E-state index contributed by atoms with van der Waals surface area (Å²) in [6.45, 7) is 2.17. The minimum atomic E-state index is -0.406. The van der Waals surface area contributed by atoms with Gasteiger partial charge in [-0.15, -0.1) is 0 Å². The number of para-hydroxylation sites is 1. The summed E-state index contributed by atoms with van der Waals surface area (Å²) >= 11 is 0. The Morgan fingerprint density at radius 3 is 1.92 bits per heavy atom. The Bertz CT molecular complexity index is 2650. The van der Waals surface area contributed by atoms with Gasteiger partial charge in [-0.05, 0) is 88.1 Å². The molecule has 0 saturated heterocycles. The number of aryl methyl sites for hydroxylation is 1. The second-order valence-corrected chi connectivity index (χ2v) is 14.0. The van der Waals surface area contributed by atoms with Gasteiger partial charge in [-0.1, -0.05) is 169 Å². The maximum atomic E-state index is 2.55. The van der Waals surface area contributed by atoms with Gasteiger partial charge in [-0.3, -0.25) is 0 Å². The summed E-state index contributed by atoms with van der Waals surface area (Å²) in [4.78, 5) is 0. The number of benzene rings is 7. The van der Waals surface area contributed by atoms with E-state index in [0.717, 1.165) is 12.8 Å². The van der Waals surface area contributed by atoms with Crippen molar-refractivity contribution in [3.8, 4) is 27.9 Å². The normalized spacial score (nSPS) is 14.6. The van der Waals surface area contributed by atoms with Gasteiger partial charge in [-0.25, -0.2) is 0 Å². The van der Waals surface area contributed by atoms with E-state index in [-0.39, 0.29) is 0 Å². The monoisotopic (exact) mass is 651 g/mol. The van der Waals surface area contributed by atoms with Crippen molar-refractivity contribution in [3.05, 3.63) is 215 Å². The number of hydrogen-bond donors (Lipinski definition) is 0. The summed E-state index contributed by atoms with van der Waals surface area (Å²) in [5, 5.41) is 2.55. The minimum Gasteiger partial charge on any atom is -0.309 e. The molecule has 10 rings (SSSR count). The lowest BCUT2D eigenvalue weighted by atomic mass is 9.66. The molecule has 7 aromatic carbocycles. The highest BCUT2D eigenvalue weighted by molar-refractivity contribution is 6.11. The Kier molecular flexibility index (Phi) is 6.82. The Morgan fingerprint density at radius 2 is 1.18 bits per heavy atom. The zero-order valence-corrected chi connectivity index (χ0v) is 28.7. The molecule has 8 aromatic rings. The predicted octanol–water partition coefficient (Wildman–Crippen LogP) is 12.9. The third-order valence-corrected chi connectivity index (χ3v) is 11.2. The van der Waals surface area contributed by atoms with E-state index in [0.29, 0.717) is 0 Å². The first-order valence-corrected chi connectivity index (χ1v) is 18.1. The molecular formula is C50H37N. The van der Waals surface area contributed by atoms with E-state index in [1.807, 2.05) is 0 Å². The van der Waals surface area contributed by atoms with Crippen LogP contribution in [0.1, 0.15) is 40.7 Å². The van der Waals surface area contributed by atoms with Crippen molar-refractivity contribution in [2.75, 3.05) is 0 Å². The van der Waals surface area contributed by atoms with E-state index >= 15 is 0 Å². The van der Waals surface area contributed by atoms with Crippen LogP contribution in [0, 0.1) is 6.92 Å². The van der Waals surface area contributed by atoms with Crippen molar-refractivity contribution in [2.24, 2.45) is 0 Å². The lowest BCUT2D eigenvalue weighted by Gasteiger charge is -2.35. The van der Waals surface area contributed by atoms with Gasteiger partial charge in [0, 0.05) is 16.3 Å². The zero-order chi connectivity index (χ0) is 33.9. The highest BCUT2D eigenvalue weighted by Gasteiger charge is 2.48. The number of aromatic nitrogens is 1. The van der Waals surface area contributed by atoms with Crippen molar-refractivity contribution in [2.45, 2.75) is 25.2 Å². The molecule has 0 radical (unpaired) electrons. The highest BCUT2D eigenvalue weighted by Crippen LogP contribution is 2.58. The Labute approximate surface area is 299 Å². The molecule has 0 amide bonds. The summed E-state index contributed by atoms with van der Waals surface area (Å²) in [6.07, 6.45) is 6.86. The van der Waals surface area contributed by atoms with Crippen molar-refractivity contribution in [1.82, 2.24) is 4.57 Å². The van der Waals surface area contributed by atoms with Crippen LogP contribution in [-0.2, 0) is 5.41 Å². The van der Waals surface area contributed by atoms with Gasteiger partial charge < -0.3 is 4.57 Å². The standard InChI is InChI=1S/C50H37N/c1-34-16-14-17-35(32-34)39-22-8-9-23-40(39)36-30-31-42-41-24-11-13-28-46(41)51(48(42)33-36)47-29-15-27-45-49(47)43-25-10-12-26-44(43)50(45,37-18-4-2-5-19-37)38-20-6-3-7-21-38/h2-9,11-24,26-33H,10,25H2,1H3. The lowest BCUT2D eigenvalue weighted by Crippen LogP contribution is -2.29. The van der Waals surface area contributed by atoms with Gasteiger partial charge in [0.05, 0.1) is 22.1 Å². The molecular weight excluding hydrogens is 615 g/mol. The summed E-state index contributed by atoms with van der Waals surface area (Å²) in [5.41, 5.74) is 17.8. The quantitative estimate of drug-likeness (QED) is 0.175. The Morgan fingerprint density at radius 1 is 0.529 bits per heavy atom. The molecule has 1 heterocycles. The second-order valence-electron chi connectivity index (χ2n) is 14.0. The van der Waals surface area contributed by atoms with Gasteiger partial charge in [0.25, 0.3) is 0 Å². The van der Waals surface area contributed by atoms with Crippen LogP contribution in [0.5, 0.6) is 0 Å². The molecule has 1 aromatic heterocycles. The smallest absolute Gasteiger partial charge is 0.0711 e. The van der Waals surface area contributed by atoms with Gasteiger partial charge in [-0.2, -0.15) is 0 Å². The fourth-order valence-corrected chi connectivity index (χ4v) is 9.14. The first kappa shape index (κ1) is 29.7. The van der Waals surface area contributed by atoms with Crippen LogP contribution in [0.2, 0.25) is 0 Å². The first-order chi connectivity index (χ1) is 25.2. The Balaban J connectivity index is 1.28. The van der Waals surface area contributed by atoms with Crippen LogP contribution in [0.15, 0.2) is 188 Å². The maximum absolute atomic E-state index is 2.55. The summed E-state index contributed by atoms with van der Waals surface area (Å²) in [7, 11) is 0. The van der Waals surface area contributed by atoms with Crippen molar-refractivity contribution < 1.29 is 0 Å². The maximum Gasteiger partial charge on any atom is 0.0711 e. The molecule has 0 spiro atoms. The van der Waals surface area contributed by atoms with E-state index in [1.165, 1.54) is 88.7 Å². The number of rotatable bonds is 5. The average molecular weight is 652 g/mol. The molecule has 0 unspecified atom stereocenters. The topological polar surface area (TPSA) is 4.93 Å². The first-order valence-electron chi connectivity index (χ1n) is 18.1. The van der Waals surface area contributed by atoms with Crippen LogP contribution in [0.3, 0.4) is 0 Å². The van der Waals surface area contributed by atoms with E-state index in [9.17, 15) is 0 Å². The van der Waals surface area contributed by atoms with Crippen LogP contribution >= 0.6 is 0 Å². The molecule has 0 N–H and O–H groups in total. The summed E-state index contributed by atoms with van der Waals surface area (Å²) in [5.74, 6) is 0. The fourth-order valence-electron chi connectivity index (χ4n) is 9.14. The van der Waals surface area contributed by atoms with Crippen molar-refractivity contribution in [3.63, 3.8) is 0 Å². The molecule has 1 heteroatoms. The molecule has 0 bridgehead atoms. The van der Waals surface area contributed by atoms with Crippen LogP contribution in [-0.4, -0.2) is 4.57 Å². The van der Waals surface area contributed by atoms with Crippen LogP contribution < -0.4 is 0 Å². The minimum absolute atomic E-state index is 0.406. The number of hydrogen-bond acceptors (Lipinski definition) is 0. The number of allylic oxidation sites excluding steroid dienone is 4. The largest absolute Gasteiger partial charge is 0.309 e. The van der Waals surface area contributed by atoms with Gasteiger partial charge >= 0.3 is 0 Å². The van der Waals surface area contributed by atoms with E-state index in [4.69, 9.17) is 0 Å². The van der Waals surface area contributed by atoms with Gasteiger partial charge in [0.1, 0.15) is 0 Å². The van der Waals surface area contributed by atoms with E-state index < -0.39 is 5.41 Å². The summed E-state index contributed by atoms with van der Waals surface area (Å²) < 4.78 is 2.55. The second kappa shape index (κ2) is 11.7. The molecule has 2 aliphatic rings. The molecule has 0 saturated carbocycles. The van der Waals surface area contributed by atoms with Crippen molar-refractivity contribution >= 4 is 27.4 Å². The molecule has 0 atom stereocenters. The third kappa shape index (κ3) is 4.41. The zero-order valence-electron chi connectivity index (χ0n) is 28.7. The highest BCUT2D eigenvalue weighted by atomic mass is 15.0. The molecule has 0 aliphatic heterocycles. The predicted molar refractivity (Wildman–Crippen MR) is 214 cm³/mol. The molecule has 242 valence electrons. The van der Waals surface area contributed by atoms with Crippen LogP contribution in [0.25, 0.3) is 55.3 Å². The lowest BCUT2D eigenvalue weighted by molar-refractivity contribution is 0.756. The Hall–Kier alpha value is -6.18.